The number of rotatable bonds is 15. The number of benzene rings is 9. The van der Waals surface area contributed by atoms with E-state index in [1.54, 1.807) is 30.7 Å². The van der Waals surface area contributed by atoms with Crippen LogP contribution in [0.2, 0.25) is 0 Å². The van der Waals surface area contributed by atoms with Gasteiger partial charge in [-0.15, -0.1) is 0 Å². The second kappa shape index (κ2) is 40.4. The average molecular weight is 1940 g/mol. The van der Waals surface area contributed by atoms with Crippen LogP contribution in [0.3, 0.4) is 0 Å². The summed E-state index contributed by atoms with van der Waals surface area (Å²) >= 11 is 13.0. The molecule has 18 rings (SSSR count). The van der Waals surface area contributed by atoms with E-state index >= 15 is 8.78 Å². The van der Waals surface area contributed by atoms with E-state index in [0.717, 1.165) is 87.3 Å². The predicted octanol–water partition coefficient (Wildman–Crippen LogP) is 23.6. The van der Waals surface area contributed by atoms with Crippen molar-refractivity contribution in [3.8, 4) is 56.4 Å². The van der Waals surface area contributed by atoms with E-state index in [2.05, 4.69) is 223 Å². The predicted molar refractivity (Wildman–Crippen MR) is 490 cm³/mol. The minimum atomic E-state index is -1.41. The highest BCUT2D eigenvalue weighted by molar-refractivity contribution is 14.1. The van der Waals surface area contributed by atoms with Gasteiger partial charge in [0.25, 0.3) is 0 Å². The number of halogens is 6. The zero-order chi connectivity index (χ0) is 86.0. The van der Waals surface area contributed by atoms with E-state index in [1.165, 1.54) is 126 Å². The maximum absolute atomic E-state index is 15.3. The van der Waals surface area contributed by atoms with E-state index in [4.69, 9.17) is 57.5 Å². The number of esters is 1. The Morgan fingerprint density at radius 3 is 1.22 bits per heavy atom. The molecule has 0 spiro atoms. The molecule has 0 bridgehead atoms. The van der Waals surface area contributed by atoms with Gasteiger partial charge in [-0.05, 0) is 294 Å². The molecule has 0 saturated carbocycles. The Hall–Kier alpha value is -9.21. The van der Waals surface area contributed by atoms with E-state index < -0.39 is 19.2 Å². The van der Waals surface area contributed by atoms with Gasteiger partial charge in [-0.2, -0.15) is 0 Å². The van der Waals surface area contributed by atoms with Gasteiger partial charge in [-0.25, -0.2) is 8.78 Å². The maximum atomic E-state index is 15.3. The molecule has 7 heterocycles. The van der Waals surface area contributed by atoms with Crippen LogP contribution in [0.25, 0.3) is 50.1 Å². The van der Waals surface area contributed by atoms with Crippen molar-refractivity contribution in [2.75, 3.05) is 60.0 Å². The smallest absolute Gasteiger partial charge is 0.491 e. The number of carboxylic acids is 1. The van der Waals surface area contributed by atoms with E-state index in [0.29, 0.717) is 92.1 Å². The number of fused-ring (bicyclic) bond motifs is 4. The molecule has 2 aliphatic carbocycles. The first kappa shape index (κ1) is 89.5. The lowest BCUT2D eigenvalue weighted by atomic mass is 9.83. The van der Waals surface area contributed by atoms with Gasteiger partial charge in [0.1, 0.15) is 46.8 Å². The average Bonchev–Trinajstić information content (AvgIpc) is 1.66. The lowest BCUT2D eigenvalue weighted by Gasteiger charge is -2.19. The summed E-state index contributed by atoms with van der Waals surface area (Å²) in [5.41, 5.74) is 32.1. The van der Waals surface area contributed by atoms with Crippen molar-refractivity contribution < 1.29 is 80.3 Å². The van der Waals surface area contributed by atoms with Gasteiger partial charge in [0.15, 0.2) is 0 Å². The van der Waals surface area contributed by atoms with Crippen LogP contribution in [-0.4, -0.2) is 94.2 Å². The number of hydrogen-bond donors (Lipinski definition) is 3. The van der Waals surface area contributed by atoms with E-state index in [9.17, 15) is 9.59 Å². The van der Waals surface area contributed by atoms with E-state index in [1.807, 2.05) is 48.5 Å². The molecule has 0 saturated heterocycles. The highest BCUT2D eigenvalue weighted by Gasteiger charge is 2.36. The number of hydrogen-bond acceptors (Lipinski definition) is 14. The first-order valence-electron chi connectivity index (χ1n) is 40.3. The third kappa shape index (κ3) is 21.4. The molecule has 11 aromatic rings. The summed E-state index contributed by atoms with van der Waals surface area (Å²) in [5, 5.41) is 26.0. The molecule has 0 radical (unpaired) electrons. The largest absolute Gasteiger partial charge is 0.492 e. The fourth-order valence-corrected chi connectivity index (χ4v) is 18.4. The van der Waals surface area contributed by atoms with Crippen molar-refractivity contribution in [2.24, 2.45) is 0 Å². The van der Waals surface area contributed by atoms with Crippen molar-refractivity contribution in [1.29, 1.82) is 0 Å². The van der Waals surface area contributed by atoms with Crippen LogP contribution >= 0.6 is 70.4 Å². The first-order valence-corrected chi connectivity index (χ1v) is 43.7. The number of furan rings is 2. The Labute approximate surface area is 745 Å². The summed E-state index contributed by atoms with van der Waals surface area (Å²) in [6, 6.07) is 43.4. The Morgan fingerprint density at radius 2 is 0.868 bits per heavy atom. The fraction of sp³-hybridized carbons (Fsp3) is 0.293. The van der Waals surface area contributed by atoms with E-state index in [-0.39, 0.29) is 48.4 Å². The van der Waals surface area contributed by atoms with Crippen LogP contribution in [0.1, 0.15) is 155 Å². The molecule has 15 nitrogen and oxygen atoms in total. The zero-order valence-electron chi connectivity index (χ0n) is 69.5. The van der Waals surface area contributed by atoms with Crippen molar-refractivity contribution in [2.45, 2.75) is 132 Å². The zero-order valence-corrected chi connectivity index (χ0v) is 76.5. The summed E-state index contributed by atoms with van der Waals surface area (Å²) < 4.78 is 90.4. The van der Waals surface area contributed by atoms with Gasteiger partial charge < -0.3 is 61.9 Å². The lowest BCUT2D eigenvalue weighted by Crippen LogP contribution is -2.27. The van der Waals surface area contributed by atoms with Crippen LogP contribution in [0.15, 0.2) is 199 Å². The van der Waals surface area contributed by atoms with Crippen LogP contribution < -0.4 is 24.4 Å². The van der Waals surface area contributed by atoms with Gasteiger partial charge in [0.05, 0.1) is 97.9 Å². The summed E-state index contributed by atoms with van der Waals surface area (Å²) in [6.45, 7) is 26.0. The fourth-order valence-electron chi connectivity index (χ4n) is 16.8. The van der Waals surface area contributed by atoms with Crippen molar-refractivity contribution in [1.82, 2.24) is 0 Å². The number of carbonyl (C=O) groups excluding carboxylic acids is 1. The molecule has 3 N–H and O–H groups in total. The summed E-state index contributed by atoms with van der Waals surface area (Å²) in [7, 11) is -0.0183. The van der Waals surface area contributed by atoms with Crippen molar-refractivity contribution in [3.63, 3.8) is 0 Å². The number of methoxy groups -OCH3 is 1. The second-order valence-corrected chi connectivity index (χ2v) is 35.0. The molecule has 4 atom stereocenters. The Bertz CT molecular complexity index is 5640. The van der Waals surface area contributed by atoms with Crippen LogP contribution in [0.5, 0.6) is 23.0 Å². The molecule has 22 heteroatoms. The molecule has 121 heavy (non-hydrogen) atoms. The second-order valence-electron chi connectivity index (χ2n) is 31.4. The molecule has 0 unspecified atom stereocenters. The number of carboxylic acid groups (broad SMARTS) is 1. The molecule has 628 valence electrons. The van der Waals surface area contributed by atoms with Gasteiger partial charge in [0.2, 0.25) is 0 Å². The number of aryl methyl sites for hydroxylation is 10. The van der Waals surface area contributed by atoms with Crippen molar-refractivity contribution >= 4 is 112 Å². The highest BCUT2D eigenvalue weighted by atomic mass is 127. The number of carbonyl (C=O) groups is 2. The minimum absolute atomic E-state index is 0.0301. The normalized spacial score (nSPS) is 16.7. The molecular weight excluding hydrogens is 1840 g/mol. The number of aliphatic carboxylic acids is 1. The summed E-state index contributed by atoms with van der Waals surface area (Å²) in [5.74, 6) is 0.796. The molecule has 2 aromatic heterocycles. The quantitative estimate of drug-likeness (QED) is 0.0498. The summed E-state index contributed by atoms with van der Waals surface area (Å²) in [6.07, 6.45) is 14.9. The van der Waals surface area contributed by atoms with Gasteiger partial charge >= 0.3 is 19.1 Å². The van der Waals surface area contributed by atoms with Crippen LogP contribution in [0.4, 0.5) is 8.78 Å². The molecular formula is C99H97BBr3F2IO15. The molecule has 0 amide bonds. The third-order valence-corrected chi connectivity index (χ3v) is 27.1. The monoisotopic (exact) mass is 1940 g/mol. The SMILES string of the molecule is COC(=O)C[C@@H]1COc2cc(O[C@@H]3CCc4c(-c5c(C)cc(C6=CCOC6)cc5C)ccc(F)c43)ccc21.Cc1cc(-c2ccoc2)cc(C)c1Br.Cc1cc(C2=CCOC2)cc(C)c1-c1ccc(F)c2c1CC[C@H]2Oc1ccc2c(c1)OC[C@H]2CC(=O)O.Cc1cc(C2=CCOC2)cc(C)c1Br.Cc1cc(I)cc(C)c1Br.OB(O)c1ccoc1. The maximum Gasteiger partial charge on any atom is 0.491 e. The topological polar surface area (TPSA) is 195 Å². The van der Waals surface area contributed by atoms with Gasteiger partial charge in [-0.3, -0.25) is 9.59 Å². The van der Waals surface area contributed by atoms with Crippen LogP contribution in [-0.2, 0) is 41.4 Å². The molecule has 7 aliphatic rings. The number of ether oxygens (including phenoxy) is 8. The Kier molecular flexibility index (Phi) is 29.9. The molecule has 9 aromatic carbocycles. The third-order valence-electron chi connectivity index (χ3n) is 22.7. The van der Waals surface area contributed by atoms with Gasteiger partial charge in [0, 0.05) is 74.2 Å². The Morgan fingerprint density at radius 1 is 0.479 bits per heavy atom. The Balaban J connectivity index is 0.000000139. The molecule has 5 aliphatic heterocycles. The minimum Gasteiger partial charge on any atom is -0.492 e. The van der Waals surface area contributed by atoms with Crippen LogP contribution in [0, 0.1) is 84.4 Å². The lowest BCUT2D eigenvalue weighted by molar-refractivity contribution is -0.141. The summed E-state index contributed by atoms with van der Waals surface area (Å²) in [4.78, 5) is 22.9. The van der Waals surface area contributed by atoms with Gasteiger partial charge in [-0.1, -0.05) is 139 Å². The molecule has 0 fully saturated rings. The standard InChI is InChI=1S/C32H31FO5.C31H29FO5.C12H13BrO.C12H11BrO.C8H8BrI.C4H5BO3/c1-18-12-21(20-10-11-36-16-20)13-19(2)31(18)25-6-8-27(33)32-26(25)7-9-28(32)38-23-4-5-24-22(14-30(34)35-3)17-37-29(24)15-23;1-17-11-20(19-9-10-35-15-19)12-18(2)30(17)24-5-7-26(32)31-25(24)6-8-27(31)37-22-3-4-23-21(13-29(33)34)16-36-28(23)14-22;2*1-8-5-11(6-9(2)12(8)13)10-3-4-14-7-10;1-5-3-7(10)4-6(2)8(5)9;6-5(7)4-1-2-8-3-4/h4-6,8,10,12-13,15,22,28H,7,9,11,14,16-17H2,1-3H3;3-5,7,9,11-12,14,21,27H,6,8,10,13,15-16H2,1-2H3,(H,33,34);3,5-6H,4,7H2,1-2H3;3-7H,1-2H3;3-4H,1-2H3;1-3,6-7H/t22-,28-;21-,27-;;;;/m11..../s1. The van der Waals surface area contributed by atoms with Crippen molar-refractivity contribution in [3.05, 3.63) is 311 Å². The first-order chi connectivity index (χ1) is 58.1. The highest BCUT2D eigenvalue weighted by Crippen LogP contribution is 2.49.